The second-order valence-corrected chi connectivity index (χ2v) is 1.71. The predicted molar refractivity (Wildman–Crippen MR) is 22.5 cm³/mol. The molecule has 0 aromatic heterocycles. The lowest BCUT2D eigenvalue weighted by molar-refractivity contribution is -0.172. The Bertz CT molecular complexity index is 58.0. The molecule has 2 N–H and O–H groups in total. The van der Waals surface area contributed by atoms with Crippen molar-refractivity contribution in [3.8, 4) is 0 Å². The van der Waals surface area contributed by atoms with Crippen LogP contribution < -0.4 is 0 Å². The molecule has 0 amide bonds. The van der Waals surface area contributed by atoms with E-state index in [1.165, 1.54) is 0 Å². The summed E-state index contributed by atoms with van der Waals surface area (Å²) in [5, 5.41) is 16.7. The lowest BCUT2D eigenvalue weighted by Crippen LogP contribution is -2.37. The first kappa shape index (κ1) is 5.03. The van der Waals surface area contributed by atoms with Crippen LogP contribution in [0.4, 0.5) is 0 Å². The Labute approximate surface area is 41.5 Å². The highest BCUT2D eigenvalue weighted by molar-refractivity contribution is 4.65. The molecule has 0 unspecified atom stereocenters. The van der Waals surface area contributed by atoms with E-state index in [1.807, 2.05) is 0 Å². The molecule has 1 rings (SSSR count). The summed E-state index contributed by atoms with van der Waals surface area (Å²) in [4.78, 5) is 0. The number of ether oxygens (including phenoxy) is 1. The molecule has 1 saturated heterocycles. The van der Waals surface area contributed by atoms with Crippen LogP contribution in [0.5, 0.6) is 0 Å². The maximum atomic E-state index is 8.35. The van der Waals surface area contributed by atoms with Gasteiger partial charge in [0.15, 0.2) is 6.29 Å². The molecular weight excluding hydrogens is 96.0 g/mol. The Morgan fingerprint density at radius 3 is 2.00 bits per heavy atom. The maximum Gasteiger partial charge on any atom is 0.158 e. The second kappa shape index (κ2) is 1.78. The lowest BCUT2D eigenvalue weighted by atomic mass is 10.1. The molecule has 0 aliphatic carbocycles. The monoisotopic (exact) mass is 104 g/mol. The average molecular weight is 104 g/mol. The van der Waals surface area contributed by atoms with Crippen molar-refractivity contribution in [2.45, 2.75) is 6.29 Å². The lowest BCUT2D eigenvalue weighted by Gasteiger charge is -2.26. The SMILES string of the molecule is OC(O)C1COC1. The fourth-order valence-corrected chi connectivity index (χ4v) is 0.426. The zero-order valence-corrected chi connectivity index (χ0v) is 3.87. The van der Waals surface area contributed by atoms with Gasteiger partial charge in [-0.15, -0.1) is 0 Å². The second-order valence-electron chi connectivity index (χ2n) is 1.71. The molecular formula is C4H8O3. The number of rotatable bonds is 1. The van der Waals surface area contributed by atoms with E-state index < -0.39 is 6.29 Å². The highest BCUT2D eigenvalue weighted by Crippen LogP contribution is 2.11. The smallest absolute Gasteiger partial charge is 0.158 e. The van der Waals surface area contributed by atoms with Crippen LogP contribution in [0.25, 0.3) is 0 Å². The van der Waals surface area contributed by atoms with E-state index in [-0.39, 0.29) is 5.92 Å². The van der Waals surface area contributed by atoms with Crippen molar-refractivity contribution >= 4 is 0 Å². The Morgan fingerprint density at radius 1 is 1.43 bits per heavy atom. The topological polar surface area (TPSA) is 49.7 Å². The van der Waals surface area contributed by atoms with Gasteiger partial charge in [-0.25, -0.2) is 0 Å². The summed E-state index contributed by atoms with van der Waals surface area (Å²) in [6.07, 6.45) is -1.17. The van der Waals surface area contributed by atoms with Gasteiger partial charge in [0.2, 0.25) is 0 Å². The van der Waals surface area contributed by atoms with Crippen LogP contribution in [0.1, 0.15) is 0 Å². The summed E-state index contributed by atoms with van der Waals surface area (Å²) in [5.41, 5.74) is 0. The average Bonchev–Trinajstić information content (AvgIpc) is 1.23. The van der Waals surface area contributed by atoms with E-state index in [1.54, 1.807) is 0 Å². The molecule has 0 bridgehead atoms. The Hall–Kier alpha value is -0.120. The van der Waals surface area contributed by atoms with Gasteiger partial charge in [-0.1, -0.05) is 0 Å². The first-order valence-electron chi connectivity index (χ1n) is 2.24. The van der Waals surface area contributed by atoms with Gasteiger partial charge in [0.05, 0.1) is 19.1 Å². The van der Waals surface area contributed by atoms with Crippen LogP contribution in [0.3, 0.4) is 0 Å². The molecule has 1 fully saturated rings. The number of aliphatic hydroxyl groups excluding tert-OH is 1. The van der Waals surface area contributed by atoms with Crippen LogP contribution in [0.2, 0.25) is 0 Å². The van der Waals surface area contributed by atoms with Crippen molar-refractivity contribution in [3.05, 3.63) is 0 Å². The molecule has 7 heavy (non-hydrogen) atoms. The zero-order chi connectivity index (χ0) is 5.28. The van der Waals surface area contributed by atoms with Gasteiger partial charge in [-0.05, 0) is 0 Å². The molecule has 0 spiro atoms. The largest absolute Gasteiger partial charge is 0.380 e. The molecule has 3 heteroatoms. The molecule has 0 aromatic rings. The molecule has 1 aliphatic rings. The Kier molecular flexibility index (Phi) is 1.27. The quantitative estimate of drug-likeness (QED) is 0.417. The maximum absolute atomic E-state index is 8.35. The third-order valence-electron chi connectivity index (χ3n) is 1.09. The van der Waals surface area contributed by atoms with Crippen molar-refractivity contribution in [3.63, 3.8) is 0 Å². The number of aliphatic hydroxyl groups is 2. The predicted octanol–water partition coefficient (Wildman–Crippen LogP) is -1.06. The fraction of sp³-hybridized carbons (Fsp3) is 1.00. The summed E-state index contributed by atoms with van der Waals surface area (Å²) in [5.74, 6) is -0.0278. The van der Waals surface area contributed by atoms with Crippen molar-refractivity contribution in [1.82, 2.24) is 0 Å². The van der Waals surface area contributed by atoms with Crippen molar-refractivity contribution in [2.75, 3.05) is 13.2 Å². The van der Waals surface area contributed by atoms with Gasteiger partial charge in [0, 0.05) is 0 Å². The van der Waals surface area contributed by atoms with Crippen LogP contribution >= 0.6 is 0 Å². The first-order valence-corrected chi connectivity index (χ1v) is 2.24. The van der Waals surface area contributed by atoms with Crippen molar-refractivity contribution in [1.29, 1.82) is 0 Å². The van der Waals surface area contributed by atoms with Gasteiger partial charge in [0.1, 0.15) is 0 Å². The minimum atomic E-state index is -1.17. The van der Waals surface area contributed by atoms with Gasteiger partial charge in [0.25, 0.3) is 0 Å². The van der Waals surface area contributed by atoms with Gasteiger partial charge in [-0.3, -0.25) is 0 Å². The molecule has 1 heterocycles. The number of hydrogen-bond donors (Lipinski definition) is 2. The van der Waals surface area contributed by atoms with E-state index in [9.17, 15) is 0 Å². The van der Waals surface area contributed by atoms with Crippen molar-refractivity contribution < 1.29 is 14.9 Å². The Balaban J connectivity index is 2.14. The third kappa shape index (κ3) is 0.907. The standard InChI is InChI=1S/C4H8O3/c5-4(6)3-1-7-2-3/h3-6H,1-2H2. The minimum absolute atomic E-state index is 0.0278. The Morgan fingerprint density at radius 2 is 2.00 bits per heavy atom. The molecule has 0 atom stereocenters. The van der Waals surface area contributed by atoms with Crippen LogP contribution in [0, 0.1) is 5.92 Å². The molecule has 3 nitrogen and oxygen atoms in total. The molecule has 0 radical (unpaired) electrons. The number of hydrogen-bond acceptors (Lipinski definition) is 3. The summed E-state index contributed by atoms with van der Waals surface area (Å²) in [7, 11) is 0. The highest BCUT2D eigenvalue weighted by Gasteiger charge is 2.24. The third-order valence-corrected chi connectivity index (χ3v) is 1.09. The fourth-order valence-electron chi connectivity index (χ4n) is 0.426. The molecule has 42 valence electrons. The van der Waals surface area contributed by atoms with Crippen LogP contribution in [-0.2, 0) is 4.74 Å². The van der Waals surface area contributed by atoms with Crippen LogP contribution in [-0.4, -0.2) is 29.7 Å². The van der Waals surface area contributed by atoms with Gasteiger partial charge in [-0.2, -0.15) is 0 Å². The highest BCUT2D eigenvalue weighted by atomic mass is 16.5. The van der Waals surface area contributed by atoms with Crippen LogP contribution in [0.15, 0.2) is 0 Å². The van der Waals surface area contributed by atoms with E-state index in [2.05, 4.69) is 4.74 Å². The van der Waals surface area contributed by atoms with Gasteiger partial charge >= 0.3 is 0 Å². The van der Waals surface area contributed by atoms with E-state index >= 15 is 0 Å². The van der Waals surface area contributed by atoms with Crippen molar-refractivity contribution in [2.24, 2.45) is 5.92 Å². The summed E-state index contributed by atoms with van der Waals surface area (Å²) >= 11 is 0. The first-order chi connectivity index (χ1) is 3.30. The zero-order valence-electron chi connectivity index (χ0n) is 3.87. The minimum Gasteiger partial charge on any atom is -0.380 e. The normalized spacial score (nSPS) is 22.7. The van der Waals surface area contributed by atoms with Gasteiger partial charge < -0.3 is 14.9 Å². The van der Waals surface area contributed by atoms with E-state index in [0.717, 1.165) is 0 Å². The van der Waals surface area contributed by atoms with E-state index in [4.69, 9.17) is 10.2 Å². The van der Waals surface area contributed by atoms with E-state index in [0.29, 0.717) is 13.2 Å². The summed E-state index contributed by atoms with van der Waals surface area (Å²) in [6, 6.07) is 0. The summed E-state index contributed by atoms with van der Waals surface area (Å²) < 4.78 is 4.68. The summed E-state index contributed by atoms with van der Waals surface area (Å²) in [6.45, 7) is 0.995. The molecule has 0 saturated carbocycles. The molecule has 0 aromatic carbocycles. The molecule has 1 aliphatic heterocycles.